The molecule has 5 nitrogen and oxygen atoms in total. The Labute approximate surface area is 122 Å². The topological polar surface area (TPSA) is 70.0 Å². The highest BCUT2D eigenvalue weighted by molar-refractivity contribution is 6.30. The summed E-state index contributed by atoms with van der Waals surface area (Å²) in [5.74, 6) is -0.826. The molecule has 0 saturated carbocycles. The van der Waals surface area contributed by atoms with Crippen molar-refractivity contribution in [3.63, 3.8) is 0 Å². The number of benzene rings is 1. The Kier molecular flexibility index (Phi) is 5.23. The van der Waals surface area contributed by atoms with E-state index in [1.54, 1.807) is 24.3 Å². The number of piperidine rings is 1. The van der Waals surface area contributed by atoms with E-state index in [9.17, 15) is 9.90 Å². The van der Waals surface area contributed by atoms with Crippen LogP contribution in [0.4, 0.5) is 0 Å². The molecule has 2 N–H and O–H groups in total. The SMILES string of the molecule is O=C(O)[C@H]1CCN(CCOc2ccc(Cl)cc2)C[C@H]1O. The van der Waals surface area contributed by atoms with Crippen molar-refractivity contribution >= 4 is 17.6 Å². The number of carboxylic acids is 1. The first kappa shape index (κ1) is 15.1. The van der Waals surface area contributed by atoms with Gasteiger partial charge in [0.15, 0.2) is 0 Å². The van der Waals surface area contributed by atoms with Crippen LogP contribution >= 0.6 is 11.6 Å². The monoisotopic (exact) mass is 299 g/mol. The maximum Gasteiger partial charge on any atom is 0.309 e. The number of β-amino-alcohol motifs (C(OH)–C–C–N with tert-alkyl or cyclic N) is 1. The number of hydrogen-bond donors (Lipinski definition) is 2. The normalized spacial score (nSPS) is 23.5. The number of ether oxygens (including phenoxy) is 1. The Morgan fingerprint density at radius 3 is 2.70 bits per heavy atom. The molecule has 2 rings (SSSR count). The van der Waals surface area contributed by atoms with E-state index in [0.717, 1.165) is 5.75 Å². The van der Waals surface area contributed by atoms with Crippen molar-refractivity contribution in [2.75, 3.05) is 26.2 Å². The number of rotatable bonds is 5. The minimum absolute atomic E-state index is 0.376. The lowest BCUT2D eigenvalue weighted by atomic mass is 9.94. The third-order valence-electron chi connectivity index (χ3n) is 3.47. The Bertz CT molecular complexity index is 451. The van der Waals surface area contributed by atoms with Gasteiger partial charge in [-0.25, -0.2) is 0 Å². The molecule has 2 atom stereocenters. The van der Waals surface area contributed by atoms with Crippen molar-refractivity contribution in [3.05, 3.63) is 29.3 Å². The smallest absolute Gasteiger partial charge is 0.309 e. The van der Waals surface area contributed by atoms with Crippen LogP contribution in [-0.2, 0) is 4.79 Å². The van der Waals surface area contributed by atoms with Crippen molar-refractivity contribution in [2.45, 2.75) is 12.5 Å². The molecule has 0 amide bonds. The Hall–Kier alpha value is -1.30. The molecule has 6 heteroatoms. The molecule has 0 spiro atoms. The number of aliphatic hydroxyl groups excluding tert-OH is 1. The summed E-state index contributed by atoms with van der Waals surface area (Å²) in [5, 5.41) is 19.4. The minimum atomic E-state index is -0.922. The summed E-state index contributed by atoms with van der Waals surface area (Å²) in [5.41, 5.74) is 0. The zero-order valence-electron chi connectivity index (χ0n) is 11.0. The molecular formula is C14H18ClNO4. The Balaban J connectivity index is 1.73. The predicted octanol–water partition coefficient (Wildman–Crippen LogP) is 1.49. The average Bonchev–Trinajstić information content (AvgIpc) is 2.41. The van der Waals surface area contributed by atoms with Crippen LogP contribution < -0.4 is 4.74 Å². The molecule has 110 valence electrons. The first-order valence-corrected chi connectivity index (χ1v) is 6.95. The van der Waals surface area contributed by atoms with Crippen LogP contribution in [0.1, 0.15) is 6.42 Å². The largest absolute Gasteiger partial charge is 0.492 e. The number of aliphatic carboxylic acids is 1. The molecule has 20 heavy (non-hydrogen) atoms. The molecule has 0 aromatic heterocycles. The molecule has 1 fully saturated rings. The van der Waals surface area contributed by atoms with Gasteiger partial charge >= 0.3 is 5.97 Å². The third-order valence-corrected chi connectivity index (χ3v) is 3.73. The average molecular weight is 300 g/mol. The van der Waals surface area contributed by atoms with Gasteiger partial charge in [-0.2, -0.15) is 0 Å². The van der Waals surface area contributed by atoms with E-state index >= 15 is 0 Å². The molecule has 1 aliphatic rings. The second kappa shape index (κ2) is 6.92. The van der Waals surface area contributed by atoms with Gasteiger partial charge in [0.25, 0.3) is 0 Å². The van der Waals surface area contributed by atoms with Gasteiger partial charge in [0.1, 0.15) is 12.4 Å². The summed E-state index contributed by atoms with van der Waals surface area (Å²) < 4.78 is 5.58. The number of aliphatic hydroxyl groups is 1. The van der Waals surface area contributed by atoms with Gasteiger partial charge in [-0.15, -0.1) is 0 Å². The van der Waals surface area contributed by atoms with Crippen molar-refractivity contribution < 1.29 is 19.7 Å². The Morgan fingerprint density at radius 1 is 1.40 bits per heavy atom. The van der Waals surface area contributed by atoms with E-state index in [4.69, 9.17) is 21.4 Å². The molecule has 1 aromatic carbocycles. The van der Waals surface area contributed by atoms with E-state index in [-0.39, 0.29) is 0 Å². The zero-order chi connectivity index (χ0) is 14.5. The lowest BCUT2D eigenvalue weighted by Crippen LogP contribution is -2.47. The fourth-order valence-electron chi connectivity index (χ4n) is 2.31. The van der Waals surface area contributed by atoms with Crippen LogP contribution in [0, 0.1) is 5.92 Å². The summed E-state index contributed by atoms with van der Waals surface area (Å²) in [6, 6.07) is 7.12. The highest BCUT2D eigenvalue weighted by atomic mass is 35.5. The summed E-state index contributed by atoms with van der Waals surface area (Å²) in [6.07, 6.45) is -0.339. The quantitative estimate of drug-likeness (QED) is 0.862. The van der Waals surface area contributed by atoms with E-state index in [0.29, 0.717) is 37.7 Å². The third kappa shape index (κ3) is 4.10. The molecule has 1 heterocycles. The maximum atomic E-state index is 10.9. The summed E-state index contributed by atoms with van der Waals surface area (Å²) in [7, 11) is 0. The number of halogens is 1. The Morgan fingerprint density at radius 2 is 2.10 bits per heavy atom. The molecule has 0 aliphatic carbocycles. The zero-order valence-corrected chi connectivity index (χ0v) is 11.8. The first-order valence-electron chi connectivity index (χ1n) is 6.58. The fraction of sp³-hybridized carbons (Fsp3) is 0.500. The van der Waals surface area contributed by atoms with Gasteiger partial charge < -0.3 is 14.9 Å². The first-order chi connectivity index (χ1) is 9.56. The van der Waals surface area contributed by atoms with Crippen molar-refractivity contribution in [2.24, 2.45) is 5.92 Å². The van der Waals surface area contributed by atoms with E-state index in [1.807, 2.05) is 4.90 Å². The summed E-state index contributed by atoms with van der Waals surface area (Å²) in [4.78, 5) is 12.9. The van der Waals surface area contributed by atoms with E-state index < -0.39 is 18.0 Å². The molecule has 1 aliphatic heterocycles. The van der Waals surface area contributed by atoms with Crippen molar-refractivity contribution in [3.8, 4) is 5.75 Å². The number of likely N-dealkylation sites (tertiary alicyclic amines) is 1. The van der Waals surface area contributed by atoms with Crippen LogP contribution in [0.15, 0.2) is 24.3 Å². The molecule has 0 radical (unpaired) electrons. The highest BCUT2D eigenvalue weighted by Crippen LogP contribution is 2.18. The number of carbonyl (C=O) groups is 1. The second-order valence-electron chi connectivity index (χ2n) is 4.90. The van der Waals surface area contributed by atoms with Gasteiger partial charge in [-0.05, 0) is 37.2 Å². The van der Waals surface area contributed by atoms with Crippen molar-refractivity contribution in [1.82, 2.24) is 4.90 Å². The summed E-state index contributed by atoms with van der Waals surface area (Å²) in [6.45, 7) is 2.19. The molecule has 0 unspecified atom stereocenters. The van der Waals surface area contributed by atoms with E-state index in [1.165, 1.54) is 0 Å². The van der Waals surface area contributed by atoms with Crippen LogP contribution in [0.25, 0.3) is 0 Å². The van der Waals surface area contributed by atoms with Gasteiger partial charge in [0.2, 0.25) is 0 Å². The molecule has 1 saturated heterocycles. The standard InChI is InChI=1S/C14H18ClNO4/c15-10-1-3-11(4-2-10)20-8-7-16-6-5-12(14(18)19)13(17)9-16/h1-4,12-13,17H,5-9H2,(H,18,19)/t12-,13+/m0/s1. The maximum absolute atomic E-state index is 10.9. The fourth-order valence-corrected chi connectivity index (χ4v) is 2.44. The number of nitrogens with zero attached hydrogens (tertiary/aromatic N) is 1. The van der Waals surface area contributed by atoms with Gasteiger partial charge in [-0.3, -0.25) is 9.69 Å². The van der Waals surface area contributed by atoms with Crippen LogP contribution in [0.2, 0.25) is 5.02 Å². The van der Waals surface area contributed by atoms with E-state index in [2.05, 4.69) is 0 Å². The van der Waals surface area contributed by atoms with Crippen LogP contribution in [0.5, 0.6) is 5.75 Å². The minimum Gasteiger partial charge on any atom is -0.492 e. The molecule has 1 aromatic rings. The van der Waals surface area contributed by atoms with Gasteiger partial charge in [-0.1, -0.05) is 11.6 Å². The van der Waals surface area contributed by atoms with Gasteiger partial charge in [0, 0.05) is 18.1 Å². The predicted molar refractivity (Wildman–Crippen MR) is 75.1 cm³/mol. The number of carboxylic acid groups (broad SMARTS) is 1. The lowest BCUT2D eigenvalue weighted by molar-refractivity contribution is -0.148. The van der Waals surface area contributed by atoms with Gasteiger partial charge in [0.05, 0.1) is 12.0 Å². The second-order valence-corrected chi connectivity index (χ2v) is 5.34. The van der Waals surface area contributed by atoms with Crippen molar-refractivity contribution in [1.29, 1.82) is 0 Å². The van der Waals surface area contributed by atoms with Crippen LogP contribution in [-0.4, -0.2) is 53.4 Å². The lowest BCUT2D eigenvalue weighted by Gasteiger charge is -2.33. The highest BCUT2D eigenvalue weighted by Gasteiger charge is 2.32. The number of hydrogen-bond acceptors (Lipinski definition) is 4. The van der Waals surface area contributed by atoms with Crippen LogP contribution in [0.3, 0.4) is 0 Å². The molecular weight excluding hydrogens is 282 g/mol. The summed E-state index contributed by atoms with van der Waals surface area (Å²) >= 11 is 5.78. The molecule has 0 bridgehead atoms.